The van der Waals surface area contributed by atoms with Gasteiger partial charge in [-0.1, -0.05) is 25.0 Å². The number of imidazole rings is 1. The van der Waals surface area contributed by atoms with Gasteiger partial charge in [0, 0.05) is 32.2 Å². The average Bonchev–Trinajstić information content (AvgIpc) is 3.41. The first kappa shape index (κ1) is 18.0. The minimum atomic E-state index is 0.0729. The molecular formula is C22H30N4O2. The molecule has 0 spiro atoms. The highest BCUT2D eigenvalue weighted by atomic mass is 16.5. The number of carbonyl (C=O) groups is 1. The molecule has 2 aromatic rings. The molecule has 3 fully saturated rings. The van der Waals surface area contributed by atoms with Gasteiger partial charge >= 0.3 is 0 Å². The number of aromatic nitrogens is 2. The van der Waals surface area contributed by atoms with Gasteiger partial charge in [0.15, 0.2) is 0 Å². The normalized spacial score (nSPS) is 24.2. The molecule has 5 rings (SSSR count). The molecular weight excluding hydrogens is 352 g/mol. The fraction of sp³-hybridized carbons (Fsp3) is 0.636. The number of nitrogens with zero attached hydrogens (tertiary/aromatic N) is 4. The average molecular weight is 383 g/mol. The summed E-state index contributed by atoms with van der Waals surface area (Å²) in [4.78, 5) is 22.5. The quantitative estimate of drug-likeness (QED) is 0.818. The van der Waals surface area contributed by atoms with E-state index in [4.69, 9.17) is 9.72 Å². The molecule has 0 bridgehead atoms. The Hall–Kier alpha value is -2.08. The van der Waals surface area contributed by atoms with E-state index in [0.717, 1.165) is 50.5 Å². The van der Waals surface area contributed by atoms with Crippen LogP contribution in [0.15, 0.2) is 24.3 Å². The van der Waals surface area contributed by atoms with Crippen LogP contribution in [-0.2, 0) is 9.53 Å². The van der Waals surface area contributed by atoms with E-state index < -0.39 is 0 Å². The van der Waals surface area contributed by atoms with Gasteiger partial charge in [-0.3, -0.25) is 4.79 Å². The molecule has 0 radical (unpaired) electrons. The van der Waals surface area contributed by atoms with E-state index >= 15 is 0 Å². The Balaban J connectivity index is 1.43. The van der Waals surface area contributed by atoms with Crippen molar-refractivity contribution in [3.8, 4) is 0 Å². The molecule has 6 nitrogen and oxygen atoms in total. The van der Waals surface area contributed by atoms with Crippen molar-refractivity contribution < 1.29 is 9.53 Å². The minimum Gasteiger partial charge on any atom is -0.378 e. The topological polar surface area (TPSA) is 50.6 Å². The number of carbonyl (C=O) groups excluding carboxylic acids is 1. The van der Waals surface area contributed by atoms with Crippen LogP contribution in [0.1, 0.15) is 44.6 Å². The van der Waals surface area contributed by atoms with Crippen molar-refractivity contribution >= 4 is 22.9 Å². The van der Waals surface area contributed by atoms with Crippen LogP contribution in [0.3, 0.4) is 0 Å². The van der Waals surface area contributed by atoms with Crippen LogP contribution in [0.25, 0.3) is 11.0 Å². The first-order valence-electron chi connectivity index (χ1n) is 10.9. The van der Waals surface area contributed by atoms with Crippen LogP contribution in [0.2, 0.25) is 0 Å². The van der Waals surface area contributed by atoms with Crippen molar-refractivity contribution in [2.45, 2.75) is 44.6 Å². The number of hydrogen-bond donors (Lipinski definition) is 0. The van der Waals surface area contributed by atoms with Gasteiger partial charge in [0.1, 0.15) is 0 Å². The summed E-state index contributed by atoms with van der Waals surface area (Å²) in [6.45, 7) is 4.57. The van der Waals surface area contributed by atoms with Crippen LogP contribution >= 0.6 is 0 Å². The Morgan fingerprint density at radius 1 is 1.00 bits per heavy atom. The lowest BCUT2D eigenvalue weighted by Crippen LogP contribution is -2.48. The first-order chi connectivity index (χ1) is 13.8. The summed E-state index contributed by atoms with van der Waals surface area (Å²) in [6, 6.07) is 9.03. The molecule has 1 aliphatic carbocycles. The molecule has 1 aromatic heterocycles. The number of rotatable bonds is 3. The van der Waals surface area contributed by atoms with Gasteiger partial charge in [-0.2, -0.15) is 0 Å². The van der Waals surface area contributed by atoms with E-state index in [2.05, 4.69) is 33.7 Å². The Morgan fingerprint density at radius 2 is 1.79 bits per heavy atom. The molecule has 2 saturated heterocycles. The van der Waals surface area contributed by atoms with Crippen molar-refractivity contribution in [1.29, 1.82) is 0 Å². The maximum absolute atomic E-state index is 13.1. The predicted molar refractivity (Wildman–Crippen MR) is 110 cm³/mol. The van der Waals surface area contributed by atoms with Crippen molar-refractivity contribution in [3.63, 3.8) is 0 Å². The van der Waals surface area contributed by atoms with E-state index in [0.29, 0.717) is 25.2 Å². The number of morpholine rings is 1. The molecule has 1 saturated carbocycles. The van der Waals surface area contributed by atoms with Crippen LogP contribution in [0.5, 0.6) is 0 Å². The molecule has 1 amide bonds. The Labute approximate surface area is 166 Å². The van der Waals surface area contributed by atoms with E-state index in [-0.39, 0.29) is 5.92 Å². The highest BCUT2D eigenvalue weighted by molar-refractivity contribution is 5.81. The van der Waals surface area contributed by atoms with Gasteiger partial charge in [0.05, 0.1) is 30.2 Å². The maximum atomic E-state index is 13.1. The molecule has 0 N–H and O–H groups in total. The molecule has 2 aliphatic heterocycles. The van der Waals surface area contributed by atoms with E-state index in [1.54, 1.807) is 0 Å². The third-order valence-electron chi connectivity index (χ3n) is 6.64. The molecule has 1 unspecified atom stereocenters. The second-order valence-electron chi connectivity index (χ2n) is 8.43. The standard InChI is InChI=1S/C22H30N4O2/c27-21(24-12-14-28-15-13-24)17-6-5-11-25(16-17)22-23-19-9-3-4-10-20(19)26(22)18-7-1-2-8-18/h3-4,9-10,17-18H,1-2,5-8,11-16H2. The van der Waals surface area contributed by atoms with Gasteiger partial charge in [-0.05, 0) is 37.8 Å². The number of hydrogen-bond acceptors (Lipinski definition) is 4. The summed E-state index contributed by atoms with van der Waals surface area (Å²) in [5.41, 5.74) is 2.32. The van der Waals surface area contributed by atoms with Gasteiger partial charge in [0.25, 0.3) is 0 Å². The summed E-state index contributed by atoms with van der Waals surface area (Å²) >= 11 is 0. The molecule has 28 heavy (non-hydrogen) atoms. The van der Waals surface area contributed by atoms with Crippen molar-refractivity contribution in [2.75, 3.05) is 44.3 Å². The maximum Gasteiger partial charge on any atom is 0.227 e. The number of benzene rings is 1. The Kier molecular flexibility index (Phi) is 4.97. The molecule has 150 valence electrons. The summed E-state index contributed by atoms with van der Waals surface area (Å²) < 4.78 is 7.89. The number of amides is 1. The number of ether oxygens (including phenoxy) is 1. The zero-order chi connectivity index (χ0) is 18.9. The Bertz CT molecular complexity index is 836. The van der Waals surface area contributed by atoms with Crippen LogP contribution in [-0.4, -0.2) is 59.8 Å². The summed E-state index contributed by atoms with van der Waals surface area (Å²) in [5.74, 6) is 1.45. The van der Waals surface area contributed by atoms with E-state index in [9.17, 15) is 4.79 Å². The summed E-state index contributed by atoms with van der Waals surface area (Å²) in [7, 11) is 0. The first-order valence-corrected chi connectivity index (χ1v) is 10.9. The predicted octanol–water partition coefficient (Wildman–Crippen LogP) is 3.23. The van der Waals surface area contributed by atoms with Gasteiger partial charge in [0.2, 0.25) is 11.9 Å². The monoisotopic (exact) mass is 382 g/mol. The lowest BCUT2D eigenvalue weighted by Gasteiger charge is -2.37. The molecule has 1 atom stereocenters. The second kappa shape index (κ2) is 7.74. The van der Waals surface area contributed by atoms with Crippen LogP contribution in [0, 0.1) is 5.92 Å². The van der Waals surface area contributed by atoms with Crippen molar-refractivity contribution in [1.82, 2.24) is 14.5 Å². The fourth-order valence-electron chi connectivity index (χ4n) is 5.18. The lowest BCUT2D eigenvalue weighted by molar-refractivity contribution is -0.139. The van der Waals surface area contributed by atoms with Crippen LogP contribution in [0.4, 0.5) is 5.95 Å². The van der Waals surface area contributed by atoms with Crippen LogP contribution < -0.4 is 4.90 Å². The minimum absolute atomic E-state index is 0.0729. The van der Waals surface area contributed by atoms with Crippen molar-refractivity contribution in [3.05, 3.63) is 24.3 Å². The highest BCUT2D eigenvalue weighted by Gasteiger charge is 2.33. The molecule has 3 heterocycles. The number of anilines is 1. The molecule has 1 aromatic carbocycles. The van der Waals surface area contributed by atoms with E-state index in [1.807, 2.05) is 4.90 Å². The number of para-hydroxylation sites is 2. The SMILES string of the molecule is O=C(C1CCCN(c2nc3ccccc3n2C2CCCC2)C1)N1CCOCC1. The zero-order valence-corrected chi connectivity index (χ0v) is 16.6. The lowest BCUT2D eigenvalue weighted by atomic mass is 9.96. The fourth-order valence-corrected chi connectivity index (χ4v) is 5.18. The van der Waals surface area contributed by atoms with Crippen molar-refractivity contribution in [2.24, 2.45) is 5.92 Å². The number of piperidine rings is 1. The summed E-state index contributed by atoms with van der Waals surface area (Å²) in [5, 5.41) is 0. The van der Waals surface area contributed by atoms with Gasteiger partial charge in [-0.15, -0.1) is 0 Å². The van der Waals surface area contributed by atoms with Gasteiger partial charge < -0.3 is 19.1 Å². The Morgan fingerprint density at radius 3 is 2.61 bits per heavy atom. The highest BCUT2D eigenvalue weighted by Crippen LogP contribution is 2.37. The smallest absolute Gasteiger partial charge is 0.227 e. The number of fused-ring (bicyclic) bond motifs is 1. The third-order valence-corrected chi connectivity index (χ3v) is 6.64. The van der Waals surface area contributed by atoms with Gasteiger partial charge in [-0.25, -0.2) is 4.98 Å². The third kappa shape index (κ3) is 3.28. The molecule has 6 heteroatoms. The summed E-state index contributed by atoms with van der Waals surface area (Å²) in [6.07, 6.45) is 7.10. The largest absolute Gasteiger partial charge is 0.378 e. The van der Waals surface area contributed by atoms with E-state index in [1.165, 1.54) is 31.2 Å². The molecule has 3 aliphatic rings. The second-order valence-corrected chi connectivity index (χ2v) is 8.43. The zero-order valence-electron chi connectivity index (χ0n) is 16.6.